The molecule has 3 aromatic rings. The largest absolute Gasteiger partial charge is 0.435 e. The minimum absolute atomic E-state index is 0.0512. The lowest BCUT2D eigenvalue weighted by atomic mass is 9.86. The third-order valence-corrected chi connectivity index (χ3v) is 6.45. The van der Waals surface area contributed by atoms with E-state index < -0.39 is 54.5 Å². The highest BCUT2D eigenvalue weighted by Gasteiger charge is 2.62. The zero-order valence-electron chi connectivity index (χ0n) is 20.7. The number of anilines is 1. The number of hydrogen-bond acceptors (Lipinski definition) is 5. The molecule has 1 amide bonds. The molecule has 2 heterocycles. The Hall–Kier alpha value is -3.46. The summed E-state index contributed by atoms with van der Waals surface area (Å²) in [6.45, 7) is 1.69. The van der Waals surface area contributed by atoms with Crippen molar-refractivity contribution in [3.8, 4) is 0 Å². The average Bonchev–Trinajstić information content (AvgIpc) is 3.48. The van der Waals surface area contributed by atoms with Crippen LogP contribution < -0.4 is 5.32 Å². The van der Waals surface area contributed by atoms with Gasteiger partial charge in [0.15, 0.2) is 0 Å². The third kappa shape index (κ3) is 5.96. The molecule has 41 heavy (non-hydrogen) atoms. The van der Waals surface area contributed by atoms with E-state index in [1.165, 1.54) is 31.2 Å². The predicted molar refractivity (Wildman–Crippen MR) is 131 cm³/mol. The lowest BCUT2D eigenvalue weighted by Gasteiger charge is -2.29. The van der Waals surface area contributed by atoms with Gasteiger partial charge < -0.3 is 4.84 Å². The van der Waals surface area contributed by atoms with E-state index >= 15 is 0 Å². The van der Waals surface area contributed by atoms with Gasteiger partial charge in [0, 0.05) is 34.5 Å². The molecule has 0 aliphatic carbocycles. The van der Waals surface area contributed by atoms with E-state index in [0.717, 1.165) is 12.1 Å². The van der Waals surface area contributed by atoms with Gasteiger partial charge in [-0.1, -0.05) is 34.4 Å². The van der Waals surface area contributed by atoms with Gasteiger partial charge in [-0.2, -0.15) is 26.9 Å². The third-order valence-electron chi connectivity index (χ3n) is 6.01. The maximum absolute atomic E-state index is 14.2. The van der Waals surface area contributed by atoms with Gasteiger partial charge in [-0.25, -0.2) is 17.9 Å². The Labute approximate surface area is 236 Å². The number of halogens is 10. The van der Waals surface area contributed by atoms with Crippen LogP contribution in [0.25, 0.3) is 0 Å². The summed E-state index contributed by atoms with van der Waals surface area (Å²) in [5, 5.41) is 8.78. The van der Waals surface area contributed by atoms with E-state index in [1.807, 2.05) is 5.32 Å². The number of aryl methyl sites for hydroxylation is 1. The molecule has 2 unspecified atom stereocenters. The number of benzene rings is 2. The summed E-state index contributed by atoms with van der Waals surface area (Å²) < 4.78 is 109. The molecule has 7 nitrogen and oxygen atoms in total. The van der Waals surface area contributed by atoms with Crippen LogP contribution in [0.5, 0.6) is 0 Å². The topological polar surface area (TPSA) is 81.4 Å². The van der Waals surface area contributed by atoms with Gasteiger partial charge in [0.25, 0.3) is 24.2 Å². The number of carbonyl (C=O) groups excluding carboxylic acids is 1. The maximum atomic E-state index is 14.2. The molecule has 1 aliphatic heterocycles. The molecule has 0 fully saturated rings. The lowest BCUT2D eigenvalue weighted by molar-refractivity contribution is -0.275. The molecule has 0 saturated carbocycles. The Morgan fingerprint density at radius 3 is 2.24 bits per heavy atom. The first kappa shape index (κ1) is 30.5. The lowest BCUT2D eigenvalue weighted by Crippen LogP contribution is -2.42. The summed E-state index contributed by atoms with van der Waals surface area (Å²) in [5.74, 6) is -7.19. The monoisotopic (exact) mass is 629 g/mol. The Bertz CT molecular complexity index is 1500. The van der Waals surface area contributed by atoms with Gasteiger partial charge in [0.2, 0.25) is 11.8 Å². The van der Waals surface area contributed by atoms with Crippen molar-refractivity contribution >= 4 is 40.8 Å². The second-order valence-corrected chi connectivity index (χ2v) is 9.94. The van der Waals surface area contributed by atoms with Crippen LogP contribution in [0.1, 0.15) is 52.5 Å². The van der Waals surface area contributed by atoms with Crippen LogP contribution in [0.4, 0.5) is 41.1 Å². The van der Waals surface area contributed by atoms with Crippen LogP contribution in [0, 0.1) is 6.92 Å². The zero-order chi connectivity index (χ0) is 30.5. The van der Waals surface area contributed by atoms with E-state index in [2.05, 4.69) is 15.2 Å². The van der Waals surface area contributed by atoms with Gasteiger partial charge in [0.05, 0.1) is 5.71 Å². The number of hydrogen-bond donors (Lipinski definition) is 1. The predicted octanol–water partition coefficient (Wildman–Crippen LogP) is 7.57. The number of carbonyl (C=O) groups is 1. The van der Waals surface area contributed by atoms with Crippen molar-refractivity contribution in [1.82, 2.24) is 14.8 Å². The van der Waals surface area contributed by atoms with E-state index in [-0.39, 0.29) is 49.6 Å². The van der Waals surface area contributed by atoms with Crippen molar-refractivity contribution in [2.45, 2.75) is 50.7 Å². The Morgan fingerprint density at radius 2 is 1.71 bits per heavy atom. The Kier molecular flexibility index (Phi) is 7.99. The van der Waals surface area contributed by atoms with Gasteiger partial charge in [0.1, 0.15) is 0 Å². The summed E-state index contributed by atoms with van der Waals surface area (Å²) in [6.07, 6.45) is -12.7. The number of nitrogens with one attached hydrogen (secondary N) is 1. The van der Waals surface area contributed by atoms with Crippen LogP contribution in [0.2, 0.25) is 10.0 Å². The average molecular weight is 630 g/mol. The van der Waals surface area contributed by atoms with Crippen molar-refractivity contribution in [3.05, 3.63) is 74.5 Å². The van der Waals surface area contributed by atoms with E-state index in [0.29, 0.717) is 0 Å². The molecule has 1 aromatic heterocycles. The van der Waals surface area contributed by atoms with Crippen LogP contribution in [-0.4, -0.2) is 39.0 Å². The first-order valence-electron chi connectivity index (χ1n) is 11.4. The standard InChI is InChI=1S/C24H17Cl2F8N5O2/c1-10-5-11(16-9-23(41-38-16,24(32,33)34)12-6-13(25)8-14(26)7-12)3-4-15(10)19(40)35-21-36-20(22(2,30)31)39(37-21)18(29)17(27)28/h3-8,17-18H,9H2,1-2H3,(H,35,37,40). The summed E-state index contributed by atoms with van der Waals surface area (Å²) in [5.41, 5.74) is -3.15. The molecule has 1 aliphatic rings. The number of alkyl halides is 8. The van der Waals surface area contributed by atoms with Crippen LogP contribution in [0.3, 0.4) is 0 Å². The highest BCUT2D eigenvalue weighted by atomic mass is 35.5. The molecule has 1 N–H and O–H groups in total. The summed E-state index contributed by atoms with van der Waals surface area (Å²) in [7, 11) is 0. The molecule has 0 bridgehead atoms. The molecule has 0 spiro atoms. The molecule has 4 rings (SSSR count). The molecule has 0 radical (unpaired) electrons. The summed E-state index contributed by atoms with van der Waals surface area (Å²) in [4.78, 5) is 21.0. The minimum atomic E-state index is -4.94. The minimum Gasteiger partial charge on any atom is -0.374 e. The highest BCUT2D eigenvalue weighted by Crippen LogP contribution is 2.49. The first-order valence-corrected chi connectivity index (χ1v) is 12.2. The maximum Gasteiger partial charge on any atom is 0.435 e. The number of oxime groups is 1. The second kappa shape index (κ2) is 10.7. The number of nitrogens with zero attached hydrogens (tertiary/aromatic N) is 4. The highest BCUT2D eigenvalue weighted by molar-refractivity contribution is 6.34. The molecule has 17 heteroatoms. The molecule has 220 valence electrons. The van der Waals surface area contributed by atoms with Gasteiger partial charge in [-0.15, -0.1) is 5.10 Å². The van der Waals surface area contributed by atoms with Gasteiger partial charge >= 0.3 is 12.1 Å². The van der Waals surface area contributed by atoms with E-state index in [1.54, 1.807) is 0 Å². The normalized spacial score (nSPS) is 18.3. The second-order valence-electron chi connectivity index (χ2n) is 9.07. The van der Waals surface area contributed by atoms with E-state index in [9.17, 15) is 39.9 Å². The SMILES string of the molecule is Cc1cc(C2=NOC(c3cc(Cl)cc(Cl)c3)(C(F)(F)F)C2)ccc1C(=O)Nc1nc(C(C)(F)F)n(C(F)C(F)F)n1. The fourth-order valence-corrected chi connectivity index (χ4v) is 4.59. The molecule has 0 saturated heterocycles. The van der Waals surface area contributed by atoms with Crippen molar-refractivity contribution in [3.63, 3.8) is 0 Å². The quantitative estimate of drug-likeness (QED) is 0.273. The molecule has 2 atom stereocenters. The molecule has 2 aromatic carbocycles. The van der Waals surface area contributed by atoms with Crippen molar-refractivity contribution < 1.29 is 44.8 Å². The van der Waals surface area contributed by atoms with Crippen molar-refractivity contribution in [2.75, 3.05) is 5.32 Å². The van der Waals surface area contributed by atoms with Crippen LogP contribution in [-0.2, 0) is 16.4 Å². The number of aromatic nitrogens is 3. The van der Waals surface area contributed by atoms with Crippen LogP contribution in [0.15, 0.2) is 41.6 Å². The Balaban J connectivity index is 1.59. The fourth-order valence-electron chi connectivity index (χ4n) is 4.07. The van der Waals surface area contributed by atoms with Crippen molar-refractivity contribution in [1.29, 1.82) is 0 Å². The smallest absolute Gasteiger partial charge is 0.374 e. The van der Waals surface area contributed by atoms with Crippen LogP contribution >= 0.6 is 23.2 Å². The molecular formula is C24H17Cl2F8N5O2. The van der Waals surface area contributed by atoms with Crippen molar-refractivity contribution in [2.24, 2.45) is 5.16 Å². The number of rotatable bonds is 7. The molecular weight excluding hydrogens is 613 g/mol. The fraction of sp³-hybridized carbons (Fsp3) is 0.333. The zero-order valence-corrected chi connectivity index (χ0v) is 22.2. The van der Waals surface area contributed by atoms with Gasteiger partial charge in [-0.05, 0) is 48.4 Å². The first-order chi connectivity index (χ1) is 18.9. The van der Waals surface area contributed by atoms with Gasteiger partial charge in [-0.3, -0.25) is 10.1 Å². The summed E-state index contributed by atoms with van der Waals surface area (Å²) >= 11 is 11.8. The summed E-state index contributed by atoms with van der Waals surface area (Å²) in [6, 6.07) is 7.13. The van der Waals surface area contributed by atoms with E-state index in [4.69, 9.17) is 28.0 Å². The Morgan fingerprint density at radius 1 is 1.07 bits per heavy atom. The number of amides is 1.